The van der Waals surface area contributed by atoms with Gasteiger partial charge >= 0.3 is 0 Å². The van der Waals surface area contributed by atoms with E-state index in [0.717, 1.165) is 30.4 Å². The van der Waals surface area contributed by atoms with Crippen LogP contribution in [0.15, 0.2) is 48.5 Å². The zero-order valence-corrected chi connectivity index (χ0v) is 12.4. The molecule has 3 rings (SSSR count). The first kappa shape index (κ1) is 14.0. The Hall–Kier alpha value is -1.93. The molecule has 0 saturated heterocycles. The van der Waals surface area contributed by atoms with E-state index in [4.69, 9.17) is 5.73 Å². The predicted molar refractivity (Wildman–Crippen MR) is 86.2 cm³/mol. The molecule has 0 heterocycles. The van der Waals surface area contributed by atoms with Crippen LogP contribution in [0.2, 0.25) is 0 Å². The number of unbranched alkanes of at least 4 members (excludes halogenated alkanes) is 1. The van der Waals surface area contributed by atoms with Crippen LogP contribution in [0.3, 0.4) is 0 Å². The fraction of sp³-hybridized carbons (Fsp3) is 0.316. The maximum absolute atomic E-state index is 12.7. The van der Waals surface area contributed by atoms with Gasteiger partial charge in [0.25, 0.3) is 0 Å². The molecule has 0 fully saturated rings. The molecular formula is C19H21NO. The SMILES string of the molecule is CC(=O)C1(CCCCN)c2ccccc2-c2ccccc21. The Morgan fingerprint density at radius 1 is 0.952 bits per heavy atom. The second kappa shape index (κ2) is 5.45. The number of Topliss-reactive ketones (excluding diaryl/α,β-unsaturated/α-hetero) is 1. The van der Waals surface area contributed by atoms with Gasteiger partial charge in [-0.1, -0.05) is 55.0 Å². The Bertz CT molecular complexity index is 629. The van der Waals surface area contributed by atoms with E-state index in [1.54, 1.807) is 6.92 Å². The van der Waals surface area contributed by atoms with Crippen LogP contribution < -0.4 is 5.73 Å². The number of benzene rings is 2. The second-order valence-electron chi connectivity index (χ2n) is 5.80. The molecule has 2 nitrogen and oxygen atoms in total. The third kappa shape index (κ3) is 2.02. The Morgan fingerprint density at radius 2 is 1.48 bits per heavy atom. The van der Waals surface area contributed by atoms with Crippen molar-refractivity contribution >= 4 is 5.78 Å². The molecule has 2 aromatic carbocycles. The van der Waals surface area contributed by atoms with E-state index in [1.807, 2.05) is 24.3 Å². The van der Waals surface area contributed by atoms with Gasteiger partial charge in [-0.2, -0.15) is 0 Å². The van der Waals surface area contributed by atoms with Gasteiger partial charge in [-0.3, -0.25) is 4.79 Å². The van der Waals surface area contributed by atoms with Gasteiger partial charge in [0, 0.05) is 0 Å². The summed E-state index contributed by atoms with van der Waals surface area (Å²) in [7, 11) is 0. The summed E-state index contributed by atoms with van der Waals surface area (Å²) >= 11 is 0. The number of ketones is 1. The zero-order chi connectivity index (χ0) is 14.9. The average molecular weight is 279 g/mol. The molecule has 0 spiro atoms. The molecule has 0 bridgehead atoms. The molecule has 1 aliphatic rings. The minimum Gasteiger partial charge on any atom is -0.330 e. The van der Waals surface area contributed by atoms with Crippen molar-refractivity contribution in [2.45, 2.75) is 31.6 Å². The molecule has 0 aromatic heterocycles. The number of hydrogen-bond acceptors (Lipinski definition) is 2. The maximum atomic E-state index is 12.7. The van der Waals surface area contributed by atoms with Gasteiger partial charge in [-0.05, 0) is 48.6 Å². The van der Waals surface area contributed by atoms with Crippen molar-refractivity contribution < 1.29 is 4.79 Å². The fourth-order valence-corrected chi connectivity index (χ4v) is 3.68. The molecule has 2 heteroatoms. The van der Waals surface area contributed by atoms with Gasteiger partial charge < -0.3 is 5.73 Å². The van der Waals surface area contributed by atoms with Crippen LogP contribution in [-0.2, 0) is 10.2 Å². The van der Waals surface area contributed by atoms with E-state index in [9.17, 15) is 4.79 Å². The van der Waals surface area contributed by atoms with Crippen molar-refractivity contribution in [3.8, 4) is 11.1 Å². The number of carbonyl (C=O) groups excluding carboxylic acids is 1. The smallest absolute Gasteiger partial charge is 0.144 e. The maximum Gasteiger partial charge on any atom is 0.144 e. The van der Waals surface area contributed by atoms with Crippen LogP contribution in [0.5, 0.6) is 0 Å². The third-order valence-electron chi connectivity index (χ3n) is 4.67. The van der Waals surface area contributed by atoms with Gasteiger partial charge in [0.05, 0.1) is 5.41 Å². The molecular weight excluding hydrogens is 258 g/mol. The van der Waals surface area contributed by atoms with E-state index in [0.29, 0.717) is 6.54 Å². The quantitative estimate of drug-likeness (QED) is 0.849. The van der Waals surface area contributed by atoms with Gasteiger partial charge in [0.15, 0.2) is 0 Å². The lowest BCUT2D eigenvalue weighted by atomic mass is 9.71. The summed E-state index contributed by atoms with van der Waals surface area (Å²) in [5.41, 5.74) is 9.89. The van der Waals surface area contributed by atoms with Crippen molar-refractivity contribution in [3.63, 3.8) is 0 Å². The number of hydrogen-bond donors (Lipinski definition) is 1. The Labute approximate surface area is 126 Å². The monoisotopic (exact) mass is 279 g/mol. The van der Waals surface area contributed by atoms with E-state index in [-0.39, 0.29) is 5.78 Å². The van der Waals surface area contributed by atoms with Crippen LogP contribution in [0, 0.1) is 0 Å². The Kier molecular flexibility index (Phi) is 3.64. The van der Waals surface area contributed by atoms with E-state index >= 15 is 0 Å². The largest absolute Gasteiger partial charge is 0.330 e. The van der Waals surface area contributed by atoms with Gasteiger partial charge in [-0.25, -0.2) is 0 Å². The van der Waals surface area contributed by atoms with Crippen molar-refractivity contribution in [3.05, 3.63) is 59.7 Å². The van der Waals surface area contributed by atoms with Crippen LogP contribution in [0.25, 0.3) is 11.1 Å². The van der Waals surface area contributed by atoms with E-state index in [1.165, 1.54) is 11.1 Å². The van der Waals surface area contributed by atoms with Gasteiger partial charge in [-0.15, -0.1) is 0 Å². The lowest BCUT2D eigenvalue weighted by Gasteiger charge is -2.29. The summed E-state index contributed by atoms with van der Waals surface area (Å²) in [5, 5.41) is 0. The molecule has 0 unspecified atom stereocenters. The Morgan fingerprint density at radius 3 is 1.95 bits per heavy atom. The summed E-state index contributed by atoms with van der Waals surface area (Å²) in [6.45, 7) is 2.40. The number of rotatable bonds is 5. The van der Waals surface area contributed by atoms with Crippen LogP contribution >= 0.6 is 0 Å². The lowest BCUT2D eigenvalue weighted by Crippen LogP contribution is -2.33. The molecule has 0 radical (unpaired) electrons. The van der Waals surface area contributed by atoms with Crippen molar-refractivity contribution in [1.29, 1.82) is 0 Å². The van der Waals surface area contributed by atoms with Gasteiger partial charge in [0.1, 0.15) is 5.78 Å². The molecule has 108 valence electrons. The normalized spacial score (nSPS) is 14.6. The molecule has 0 aliphatic heterocycles. The van der Waals surface area contributed by atoms with Crippen LogP contribution in [0.1, 0.15) is 37.3 Å². The van der Waals surface area contributed by atoms with Crippen LogP contribution in [0.4, 0.5) is 0 Å². The highest BCUT2D eigenvalue weighted by Gasteiger charge is 2.45. The summed E-state index contributed by atoms with van der Waals surface area (Å²) < 4.78 is 0. The summed E-state index contributed by atoms with van der Waals surface area (Å²) in [5.74, 6) is 0.233. The molecule has 1 aliphatic carbocycles. The van der Waals surface area contributed by atoms with Crippen molar-refractivity contribution in [2.75, 3.05) is 6.54 Å². The van der Waals surface area contributed by atoms with Crippen LogP contribution in [-0.4, -0.2) is 12.3 Å². The first-order valence-electron chi connectivity index (χ1n) is 7.62. The first-order chi connectivity index (χ1) is 10.2. The summed E-state index contributed by atoms with van der Waals surface area (Å²) in [6.07, 6.45) is 2.77. The second-order valence-corrected chi connectivity index (χ2v) is 5.80. The van der Waals surface area contributed by atoms with E-state index < -0.39 is 5.41 Å². The topological polar surface area (TPSA) is 43.1 Å². The standard InChI is InChI=1S/C19H21NO/c1-14(21)19(12-6-7-13-20)17-10-4-2-8-15(17)16-9-3-5-11-18(16)19/h2-5,8-11H,6-7,12-13,20H2,1H3. The number of nitrogens with two attached hydrogens (primary N) is 1. The Balaban J connectivity index is 2.20. The predicted octanol–water partition coefficient (Wildman–Crippen LogP) is 3.67. The van der Waals surface area contributed by atoms with E-state index in [2.05, 4.69) is 24.3 Å². The highest BCUT2D eigenvalue weighted by molar-refractivity contribution is 6.00. The molecule has 2 N–H and O–H groups in total. The molecule has 0 amide bonds. The molecule has 0 atom stereocenters. The fourth-order valence-electron chi connectivity index (χ4n) is 3.68. The first-order valence-corrected chi connectivity index (χ1v) is 7.62. The molecule has 21 heavy (non-hydrogen) atoms. The minimum absolute atomic E-state index is 0.233. The van der Waals surface area contributed by atoms with Gasteiger partial charge in [0.2, 0.25) is 0 Å². The summed E-state index contributed by atoms with van der Waals surface area (Å²) in [6, 6.07) is 16.6. The zero-order valence-electron chi connectivity index (χ0n) is 12.4. The lowest BCUT2D eigenvalue weighted by molar-refractivity contribution is -0.121. The minimum atomic E-state index is -0.484. The highest BCUT2D eigenvalue weighted by atomic mass is 16.1. The van der Waals surface area contributed by atoms with Crippen molar-refractivity contribution in [1.82, 2.24) is 0 Å². The van der Waals surface area contributed by atoms with Crippen molar-refractivity contribution in [2.24, 2.45) is 5.73 Å². The summed E-state index contributed by atoms with van der Waals surface area (Å²) in [4.78, 5) is 12.7. The molecule has 2 aromatic rings. The number of fused-ring (bicyclic) bond motifs is 3. The highest BCUT2D eigenvalue weighted by Crippen LogP contribution is 2.51. The third-order valence-corrected chi connectivity index (χ3v) is 4.67. The average Bonchev–Trinajstić information content (AvgIpc) is 2.80. The molecule has 0 saturated carbocycles. The number of carbonyl (C=O) groups is 1.